The second-order valence-corrected chi connectivity index (χ2v) is 5.22. The largest absolute Gasteiger partial charge is 0.481 e. The summed E-state index contributed by atoms with van der Waals surface area (Å²) in [6, 6.07) is 5.10. The molecule has 1 amide bonds. The van der Waals surface area contributed by atoms with Crippen LogP contribution in [0.1, 0.15) is 16.1 Å². The van der Waals surface area contributed by atoms with Crippen LogP contribution in [0, 0.1) is 0 Å². The number of anilines is 1. The monoisotopic (exact) mass is 329 g/mol. The number of aromatic nitrogens is 3. The minimum Gasteiger partial charge on any atom is -0.481 e. The lowest BCUT2D eigenvalue weighted by Gasteiger charge is -2.26. The maximum atomic E-state index is 12.1. The molecule has 0 radical (unpaired) electrons. The lowest BCUT2D eigenvalue weighted by atomic mass is 10.2. The number of morpholine rings is 1. The molecule has 0 spiro atoms. The van der Waals surface area contributed by atoms with Gasteiger partial charge in [0.25, 0.3) is 5.91 Å². The summed E-state index contributed by atoms with van der Waals surface area (Å²) in [6.07, 6.45) is 3.18. The van der Waals surface area contributed by atoms with Crippen LogP contribution in [0.4, 0.5) is 5.95 Å². The Kier molecular flexibility index (Phi) is 5.17. The fourth-order valence-corrected chi connectivity index (χ4v) is 2.31. The molecule has 0 aromatic carbocycles. The quantitative estimate of drug-likeness (QED) is 0.861. The van der Waals surface area contributed by atoms with Gasteiger partial charge in [-0.05, 0) is 12.1 Å². The van der Waals surface area contributed by atoms with Crippen LogP contribution in [0.2, 0.25) is 0 Å². The summed E-state index contributed by atoms with van der Waals surface area (Å²) in [5.74, 6) is 0.922. The fourth-order valence-electron chi connectivity index (χ4n) is 2.31. The van der Waals surface area contributed by atoms with E-state index in [9.17, 15) is 4.79 Å². The van der Waals surface area contributed by atoms with E-state index in [1.165, 1.54) is 13.3 Å². The van der Waals surface area contributed by atoms with Gasteiger partial charge in [0, 0.05) is 31.5 Å². The maximum absolute atomic E-state index is 12.1. The Balaban J connectivity index is 1.60. The summed E-state index contributed by atoms with van der Waals surface area (Å²) < 4.78 is 10.3. The Hall–Kier alpha value is -2.74. The van der Waals surface area contributed by atoms with Gasteiger partial charge in [0.05, 0.1) is 38.1 Å². The average molecular weight is 329 g/mol. The zero-order chi connectivity index (χ0) is 16.8. The van der Waals surface area contributed by atoms with E-state index in [2.05, 4.69) is 25.2 Å². The molecule has 1 fully saturated rings. The average Bonchev–Trinajstić information content (AvgIpc) is 2.67. The van der Waals surface area contributed by atoms with Crippen LogP contribution in [0.3, 0.4) is 0 Å². The summed E-state index contributed by atoms with van der Waals surface area (Å²) >= 11 is 0. The van der Waals surface area contributed by atoms with E-state index >= 15 is 0 Å². The third-order valence-electron chi connectivity index (χ3n) is 3.63. The predicted octanol–water partition coefficient (Wildman–Crippen LogP) is 0.647. The number of nitrogens with zero attached hydrogens (tertiary/aromatic N) is 4. The van der Waals surface area contributed by atoms with Crippen molar-refractivity contribution in [2.24, 2.45) is 0 Å². The molecular formula is C16H19N5O3. The first-order chi connectivity index (χ1) is 11.8. The predicted molar refractivity (Wildman–Crippen MR) is 87.0 cm³/mol. The summed E-state index contributed by atoms with van der Waals surface area (Å²) in [5.41, 5.74) is 1.22. The number of rotatable bonds is 5. The zero-order valence-electron chi connectivity index (χ0n) is 13.4. The van der Waals surface area contributed by atoms with Crippen LogP contribution >= 0.6 is 0 Å². The van der Waals surface area contributed by atoms with Gasteiger partial charge in [-0.3, -0.25) is 4.79 Å². The van der Waals surface area contributed by atoms with Crippen molar-refractivity contribution < 1.29 is 14.3 Å². The summed E-state index contributed by atoms with van der Waals surface area (Å²) in [7, 11) is 1.53. The molecule has 0 atom stereocenters. The highest BCUT2D eigenvalue weighted by molar-refractivity contribution is 5.93. The molecule has 0 saturated carbocycles. The van der Waals surface area contributed by atoms with Crippen molar-refractivity contribution >= 4 is 11.9 Å². The van der Waals surface area contributed by atoms with Crippen LogP contribution in [0.5, 0.6) is 5.88 Å². The Morgan fingerprint density at radius 1 is 1.29 bits per heavy atom. The third kappa shape index (κ3) is 3.96. The first-order valence-electron chi connectivity index (χ1n) is 7.69. The van der Waals surface area contributed by atoms with Gasteiger partial charge in [0.2, 0.25) is 11.8 Å². The molecule has 2 aromatic rings. The van der Waals surface area contributed by atoms with Crippen molar-refractivity contribution in [1.82, 2.24) is 20.3 Å². The molecule has 0 bridgehead atoms. The van der Waals surface area contributed by atoms with Crippen LogP contribution in [-0.2, 0) is 11.3 Å². The highest BCUT2D eigenvalue weighted by atomic mass is 16.5. The molecule has 3 rings (SSSR count). The van der Waals surface area contributed by atoms with Gasteiger partial charge in [-0.2, -0.15) is 0 Å². The lowest BCUT2D eigenvalue weighted by Crippen LogP contribution is -2.37. The number of nitrogens with one attached hydrogen (secondary N) is 1. The Morgan fingerprint density at radius 3 is 2.83 bits per heavy atom. The first-order valence-corrected chi connectivity index (χ1v) is 7.69. The standard InChI is InChI=1S/C16H19N5O3/c1-23-14-3-2-12(10-18-14)15(22)19-11-13-4-5-17-16(20-13)21-6-8-24-9-7-21/h2-5,10H,6-9,11H2,1H3,(H,19,22). The van der Waals surface area contributed by atoms with Gasteiger partial charge < -0.3 is 19.7 Å². The molecule has 0 aliphatic carbocycles. The molecule has 0 unspecified atom stereocenters. The summed E-state index contributed by atoms with van der Waals surface area (Å²) in [5, 5.41) is 2.83. The number of methoxy groups -OCH3 is 1. The van der Waals surface area contributed by atoms with Crippen LogP contribution in [0.15, 0.2) is 30.6 Å². The first kappa shape index (κ1) is 16.1. The molecule has 1 N–H and O–H groups in total. The van der Waals surface area contributed by atoms with E-state index in [1.54, 1.807) is 24.4 Å². The second-order valence-electron chi connectivity index (χ2n) is 5.22. The highest BCUT2D eigenvalue weighted by Gasteiger charge is 2.14. The third-order valence-corrected chi connectivity index (χ3v) is 3.63. The van der Waals surface area contributed by atoms with E-state index in [0.717, 1.165) is 18.8 Å². The molecule has 2 aromatic heterocycles. The minimum absolute atomic E-state index is 0.211. The summed E-state index contributed by atoms with van der Waals surface area (Å²) in [4.78, 5) is 27.0. The van der Waals surface area contributed by atoms with Crippen molar-refractivity contribution in [1.29, 1.82) is 0 Å². The number of carbonyl (C=O) groups excluding carboxylic acids is 1. The molecule has 1 saturated heterocycles. The van der Waals surface area contributed by atoms with Gasteiger partial charge in [0.15, 0.2) is 0 Å². The van der Waals surface area contributed by atoms with Crippen molar-refractivity contribution in [3.63, 3.8) is 0 Å². The van der Waals surface area contributed by atoms with Crippen molar-refractivity contribution in [2.45, 2.75) is 6.54 Å². The molecule has 126 valence electrons. The number of ether oxygens (including phenoxy) is 2. The van der Waals surface area contributed by atoms with Crippen LogP contribution in [-0.4, -0.2) is 54.3 Å². The normalized spacial score (nSPS) is 14.3. The number of hydrogen-bond donors (Lipinski definition) is 1. The number of hydrogen-bond acceptors (Lipinski definition) is 7. The van der Waals surface area contributed by atoms with Gasteiger partial charge >= 0.3 is 0 Å². The molecule has 1 aliphatic heterocycles. The molecule has 1 aliphatic rings. The van der Waals surface area contributed by atoms with Gasteiger partial charge in [0.1, 0.15) is 0 Å². The Morgan fingerprint density at radius 2 is 2.12 bits per heavy atom. The van der Waals surface area contributed by atoms with E-state index in [4.69, 9.17) is 9.47 Å². The van der Waals surface area contributed by atoms with E-state index < -0.39 is 0 Å². The second kappa shape index (κ2) is 7.69. The number of carbonyl (C=O) groups is 1. The van der Waals surface area contributed by atoms with Crippen molar-refractivity contribution in [2.75, 3.05) is 38.3 Å². The van der Waals surface area contributed by atoms with Gasteiger partial charge in [-0.25, -0.2) is 15.0 Å². The Bertz CT molecular complexity index is 686. The molecular weight excluding hydrogens is 310 g/mol. The van der Waals surface area contributed by atoms with E-state index in [1.807, 2.05) is 0 Å². The molecule has 8 nitrogen and oxygen atoms in total. The van der Waals surface area contributed by atoms with Gasteiger partial charge in [-0.15, -0.1) is 0 Å². The molecule has 8 heteroatoms. The molecule has 3 heterocycles. The Labute approximate surface area is 139 Å². The SMILES string of the molecule is COc1ccc(C(=O)NCc2ccnc(N3CCOCC3)n2)cn1. The summed E-state index contributed by atoms with van der Waals surface area (Å²) in [6.45, 7) is 3.22. The van der Waals surface area contributed by atoms with Gasteiger partial charge in [-0.1, -0.05) is 0 Å². The van der Waals surface area contributed by atoms with E-state index in [0.29, 0.717) is 37.2 Å². The minimum atomic E-state index is -0.211. The van der Waals surface area contributed by atoms with E-state index in [-0.39, 0.29) is 5.91 Å². The molecule has 24 heavy (non-hydrogen) atoms. The van der Waals surface area contributed by atoms with Crippen molar-refractivity contribution in [3.05, 3.63) is 41.9 Å². The fraction of sp³-hybridized carbons (Fsp3) is 0.375. The maximum Gasteiger partial charge on any atom is 0.253 e. The number of amides is 1. The van der Waals surface area contributed by atoms with Crippen LogP contribution < -0.4 is 15.0 Å². The van der Waals surface area contributed by atoms with Crippen LogP contribution in [0.25, 0.3) is 0 Å². The lowest BCUT2D eigenvalue weighted by molar-refractivity contribution is 0.0950. The smallest absolute Gasteiger partial charge is 0.253 e. The topological polar surface area (TPSA) is 89.5 Å². The van der Waals surface area contributed by atoms with Crippen molar-refractivity contribution in [3.8, 4) is 5.88 Å². The highest BCUT2D eigenvalue weighted by Crippen LogP contribution is 2.10. The zero-order valence-corrected chi connectivity index (χ0v) is 13.4. The number of pyridine rings is 1.